The van der Waals surface area contributed by atoms with Crippen LogP contribution in [0.15, 0.2) is 22.6 Å². The zero-order chi connectivity index (χ0) is 11.0. The summed E-state index contributed by atoms with van der Waals surface area (Å²) in [4.78, 5) is 0. The second-order valence-electron chi connectivity index (χ2n) is 4.05. The highest BCUT2D eigenvalue weighted by atomic mass is 16.3. The number of rotatable bonds is 2. The molecule has 0 bridgehead atoms. The molecule has 1 N–H and O–H groups in total. The van der Waals surface area contributed by atoms with Crippen molar-refractivity contribution < 1.29 is 4.42 Å². The van der Waals surface area contributed by atoms with Crippen molar-refractivity contribution in [1.82, 2.24) is 5.32 Å². The molecule has 2 nitrogen and oxygen atoms in total. The van der Waals surface area contributed by atoms with Crippen molar-refractivity contribution in [3.63, 3.8) is 0 Å². The zero-order valence-corrected chi connectivity index (χ0v) is 9.72. The second-order valence-corrected chi connectivity index (χ2v) is 4.05. The van der Waals surface area contributed by atoms with Crippen LogP contribution in [0.3, 0.4) is 0 Å². The van der Waals surface area contributed by atoms with E-state index in [0.29, 0.717) is 0 Å². The van der Waals surface area contributed by atoms with Crippen LogP contribution in [0, 0.1) is 13.8 Å². The molecule has 0 saturated heterocycles. The maximum Gasteiger partial charge on any atom is 0.137 e. The first-order chi connectivity index (χ1) is 7.15. The maximum atomic E-state index is 5.92. The topological polar surface area (TPSA) is 25.2 Å². The van der Waals surface area contributed by atoms with Gasteiger partial charge in [0.2, 0.25) is 0 Å². The summed E-state index contributed by atoms with van der Waals surface area (Å²) in [7, 11) is 1.95. The molecule has 2 aromatic rings. The third-order valence-corrected chi connectivity index (χ3v) is 3.02. The lowest BCUT2D eigenvalue weighted by atomic mass is 10.1. The minimum atomic E-state index is 0.261. The average molecular weight is 203 g/mol. The summed E-state index contributed by atoms with van der Waals surface area (Å²) in [6.07, 6.45) is 0. The van der Waals surface area contributed by atoms with Crippen LogP contribution in [-0.4, -0.2) is 7.05 Å². The van der Waals surface area contributed by atoms with E-state index in [0.717, 1.165) is 11.3 Å². The van der Waals surface area contributed by atoms with Crippen LogP contribution in [0.2, 0.25) is 0 Å². The fourth-order valence-corrected chi connectivity index (χ4v) is 1.95. The highest BCUT2D eigenvalue weighted by molar-refractivity contribution is 5.84. The van der Waals surface area contributed by atoms with Gasteiger partial charge >= 0.3 is 0 Å². The average Bonchev–Trinajstić information content (AvgIpc) is 2.57. The third kappa shape index (κ3) is 1.55. The Bertz CT molecular complexity index is 484. The first-order valence-electron chi connectivity index (χ1n) is 5.31. The third-order valence-electron chi connectivity index (χ3n) is 3.02. The monoisotopic (exact) mass is 203 g/mol. The smallest absolute Gasteiger partial charge is 0.137 e. The van der Waals surface area contributed by atoms with Crippen molar-refractivity contribution in [2.75, 3.05) is 7.05 Å². The second kappa shape index (κ2) is 3.70. The van der Waals surface area contributed by atoms with Crippen LogP contribution in [0.1, 0.15) is 29.9 Å². The van der Waals surface area contributed by atoms with Crippen LogP contribution < -0.4 is 5.32 Å². The fourth-order valence-electron chi connectivity index (χ4n) is 1.95. The van der Waals surface area contributed by atoms with Gasteiger partial charge < -0.3 is 9.73 Å². The van der Waals surface area contributed by atoms with Crippen molar-refractivity contribution in [1.29, 1.82) is 0 Å². The van der Waals surface area contributed by atoms with Gasteiger partial charge in [-0.05, 0) is 38.9 Å². The van der Waals surface area contributed by atoms with Crippen molar-refractivity contribution >= 4 is 11.0 Å². The van der Waals surface area contributed by atoms with Crippen molar-refractivity contribution in [2.24, 2.45) is 0 Å². The van der Waals surface area contributed by atoms with Gasteiger partial charge in [0.25, 0.3) is 0 Å². The molecule has 1 aromatic carbocycles. The predicted octanol–water partition coefficient (Wildman–Crippen LogP) is 3.33. The van der Waals surface area contributed by atoms with E-state index in [9.17, 15) is 0 Å². The highest BCUT2D eigenvalue weighted by Gasteiger charge is 2.15. The minimum absolute atomic E-state index is 0.261. The number of fused-ring (bicyclic) bond motifs is 1. The van der Waals surface area contributed by atoms with E-state index < -0.39 is 0 Å². The molecule has 2 heteroatoms. The molecule has 1 unspecified atom stereocenters. The van der Waals surface area contributed by atoms with Crippen LogP contribution in [0.5, 0.6) is 0 Å². The van der Waals surface area contributed by atoms with Crippen LogP contribution in [0.25, 0.3) is 11.0 Å². The zero-order valence-electron chi connectivity index (χ0n) is 9.72. The Morgan fingerprint density at radius 1 is 1.27 bits per heavy atom. The largest absolute Gasteiger partial charge is 0.459 e. The Morgan fingerprint density at radius 2 is 2.00 bits per heavy atom. The number of aryl methyl sites for hydroxylation is 2. The Balaban J connectivity index is 2.69. The quantitative estimate of drug-likeness (QED) is 0.809. The molecule has 15 heavy (non-hydrogen) atoms. The lowest BCUT2D eigenvalue weighted by Crippen LogP contribution is -2.12. The molecule has 0 spiro atoms. The molecule has 0 aliphatic rings. The van der Waals surface area contributed by atoms with E-state index in [2.05, 4.69) is 44.3 Å². The Morgan fingerprint density at radius 3 is 2.60 bits per heavy atom. The molecule has 0 fully saturated rings. The predicted molar refractivity (Wildman–Crippen MR) is 63.2 cm³/mol. The van der Waals surface area contributed by atoms with E-state index >= 15 is 0 Å². The van der Waals surface area contributed by atoms with Crippen LogP contribution >= 0.6 is 0 Å². The maximum absolute atomic E-state index is 5.92. The molecule has 1 heterocycles. The Kier molecular flexibility index (Phi) is 2.53. The van der Waals surface area contributed by atoms with Crippen LogP contribution in [-0.2, 0) is 0 Å². The fraction of sp³-hybridized carbons (Fsp3) is 0.385. The van der Waals surface area contributed by atoms with E-state index in [1.807, 2.05) is 7.05 Å². The van der Waals surface area contributed by atoms with E-state index in [1.54, 1.807) is 0 Å². The normalized spacial score (nSPS) is 13.3. The number of para-hydroxylation sites is 1. The van der Waals surface area contributed by atoms with Crippen molar-refractivity contribution in [2.45, 2.75) is 26.8 Å². The minimum Gasteiger partial charge on any atom is -0.459 e. The number of hydrogen-bond acceptors (Lipinski definition) is 2. The Labute approximate surface area is 90.3 Å². The lowest BCUT2D eigenvalue weighted by molar-refractivity contribution is 0.470. The summed E-state index contributed by atoms with van der Waals surface area (Å²) in [5.74, 6) is 1.04. The van der Waals surface area contributed by atoms with Gasteiger partial charge in [-0.1, -0.05) is 18.2 Å². The van der Waals surface area contributed by atoms with Gasteiger partial charge in [-0.25, -0.2) is 0 Å². The summed E-state index contributed by atoms with van der Waals surface area (Å²) in [6.45, 7) is 6.31. The summed E-state index contributed by atoms with van der Waals surface area (Å²) in [5, 5.41) is 4.44. The summed E-state index contributed by atoms with van der Waals surface area (Å²) < 4.78 is 5.92. The first-order valence-corrected chi connectivity index (χ1v) is 5.31. The van der Waals surface area contributed by atoms with Gasteiger partial charge in [-0.3, -0.25) is 0 Å². The number of furan rings is 1. The van der Waals surface area contributed by atoms with Gasteiger partial charge in [0, 0.05) is 5.39 Å². The van der Waals surface area contributed by atoms with Gasteiger partial charge in [0.05, 0.1) is 6.04 Å². The molecule has 0 aliphatic heterocycles. The van der Waals surface area contributed by atoms with Gasteiger partial charge in [0.1, 0.15) is 11.3 Å². The molecule has 0 saturated carbocycles. The van der Waals surface area contributed by atoms with Gasteiger partial charge in [-0.2, -0.15) is 0 Å². The molecular weight excluding hydrogens is 186 g/mol. The standard InChI is InChI=1S/C13H17NO/c1-8-6-5-7-11-9(2)13(10(3)14-4)15-12(8)11/h5-7,10,14H,1-4H3. The molecule has 2 rings (SSSR count). The van der Waals surface area contributed by atoms with Gasteiger partial charge in [-0.15, -0.1) is 0 Å². The van der Waals surface area contributed by atoms with Crippen LogP contribution in [0.4, 0.5) is 0 Å². The summed E-state index contributed by atoms with van der Waals surface area (Å²) in [5.41, 5.74) is 3.47. The van der Waals surface area contributed by atoms with Gasteiger partial charge in [0.15, 0.2) is 0 Å². The molecule has 1 atom stereocenters. The SMILES string of the molecule is CNC(C)c1oc2c(C)cccc2c1C. The molecule has 0 aliphatic carbocycles. The van der Waals surface area contributed by atoms with Crippen molar-refractivity contribution in [3.05, 3.63) is 35.1 Å². The van der Waals surface area contributed by atoms with E-state index in [1.165, 1.54) is 16.5 Å². The van der Waals surface area contributed by atoms with E-state index in [4.69, 9.17) is 4.42 Å². The lowest BCUT2D eigenvalue weighted by Gasteiger charge is -2.06. The molecule has 0 radical (unpaired) electrons. The first kappa shape index (κ1) is 10.2. The molecule has 1 aromatic heterocycles. The van der Waals surface area contributed by atoms with Crippen molar-refractivity contribution in [3.8, 4) is 0 Å². The number of benzene rings is 1. The number of hydrogen-bond donors (Lipinski definition) is 1. The summed E-state index contributed by atoms with van der Waals surface area (Å²) >= 11 is 0. The Hall–Kier alpha value is -1.28. The van der Waals surface area contributed by atoms with E-state index in [-0.39, 0.29) is 6.04 Å². The number of nitrogens with one attached hydrogen (secondary N) is 1. The highest BCUT2D eigenvalue weighted by Crippen LogP contribution is 2.30. The molecular formula is C13H17NO. The molecule has 80 valence electrons. The molecule has 0 amide bonds. The summed E-state index contributed by atoms with van der Waals surface area (Å²) in [6, 6.07) is 6.54.